The number of phosphoric acid groups is 2. The maximum atomic E-state index is 13.1. The van der Waals surface area contributed by atoms with E-state index in [0.29, 0.717) is 31.6 Å². The maximum Gasteiger partial charge on any atom is 0.472 e. The summed E-state index contributed by atoms with van der Waals surface area (Å²) < 4.78 is 68.5. The molecule has 0 aromatic carbocycles. The van der Waals surface area contributed by atoms with Gasteiger partial charge in [0.1, 0.15) is 19.3 Å². The van der Waals surface area contributed by atoms with Gasteiger partial charge in [0.25, 0.3) is 0 Å². The van der Waals surface area contributed by atoms with Crippen LogP contribution in [0.25, 0.3) is 0 Å². The van der Waals surface area contributed by atoms with Crippen molar-refractivity contribution in [1.82, 2.24) is 0 Å². The zero-order valence-electron chi connectivity index (χ0n) is 62.0. The second-order valence-corrected chi connectivity index (χ2v) is 31.3. The van der Waals surface area contributed by atoms with Gasteiger partial charge in [0, 0.05) is 25.7 Å². The Balaban J connectivity index is 5.21. The van der Waals surface area contributed by atoms with Crippen LogP contribution in [-0.2, 0) is 65.4 Å². The minimum atomic E-state index is -4.96. The Bertz CT molecular complexity index is 1840. The number of aliphatic hydroxyl groups excluding tert-OH is 1. The van der Waals surface area contributed by atoms with E-state index in [9.17, 15) is 43.2 Å². The molecule has 0 fully saturated rings. The third-order valence-electron chi connectivity index (χ3n) is 17.7. The van der Waals surface area contributed by atoms with Crippen LogP contribution >= 0.6 is 15.6 Å². The zero-order chi connectivity index (χ0) is 70.0. The molecule has 95 heavy (non-hydrogen) atoms. The van der Waals surface area contributed by atoms with Crippen molar-refractivity contribution < 1.29 is 80.2 Å². The zero-order valence-corrected chi connectivity index (χ0v) is 63.8. The lowest BCUT2D eigenvalue weighted by atomic mass is 10.0. The summed E-state index contributed by atoms with van der Waals surface area (Å²) in [4.78, 5) is 72.7. The maximum absolute atomic E-state index is 13.1. The average molecular weight is 1400 g/mol. The van der Waals surface area contributed by atoms with E-state index in [-0.39, 0.29) is 25.7 Å². The third kappa shape index (κ3) is 70.3. The van der Waals surface area contributed by atoms with Crippen molar-refractivity contribution in [3.63, 3.8) is 0 Å². The number of carbonyl (C=O) groups is 4. The van der Waals surface area contributed by atoms with Crippen molar-refractivity contribution in [2.75, 3.05) is 39.6 Å². The molecule has 0 aliphatic heterocycles. The second kappa shape index (κ2) is 67.9. The number of hydrogen-bond donors (Lipinski definition) is 3. The van der Waals surface area contributed by atoms with Gasteiger partial charge in [0.2, 0.25) is 0 Å². The van der Waals surface area contributed by atoms with Crippen molar-refractivity contribution in [3.05, 3.63) is 0 Å². The number of esters is 4. The largest absolute Gasteiger partial charge is 0.472 e. The highest BCUT2D eigenvalue weighted by atomic mass is 31.2. The molecule has 0 bridgehead atoms. The molecule has 0 aromatic rings. The third-order valence-corrected chi connectivity index (χ3v) is 19.6. The number of aliphatic hydroxyl groups is 1. The summed E-state index contributed by atoms with van der Waals surface area (Å²) in [5.41, 5.74) is 0. The van der Waals surface area contributed by atoms with Gasteiger partial charge in [-0.05, 0) is 37.5 Å². The Morgan fingerprint density at radius 3 is 0.716 bits per heavy atom. The molecule has 0 rings (SSSR count). The first-order valence-electron chi connectivity index (χ1n) is 39.5. The molecule has 0 spiro atoms. The first kappa shape index (κ1) is 93.1. The van der Waals surface area contributed by atoms with E-state index in [0.717, 1.165) is 102 Å². The molecule has 0 saturated carbocycles. The number of unbranched alkanes of at least 4 members (excludes halogenated alkanes) is 45. The molecule has 3 N–H and O–H groups in total. The van der Waals surface area contributed by atoms with E-state index in [4.69, 9.17) is 37.0 Å². The lowest BCUT2D eigenvalue weighted by Crippen LogP contribution is -2.30. The monoisotopic (exact) mass is 1400 g/mol. The Hall–Kier alpha value is -1.94. The summed E-state index contributed by atoms with van der Waals surface area (Å²) in [5.74, 6) is -0.634. The topological polar surface area (TPSA) is 237 Å². The van der Waals surface area contributed by atoms with Gasteiger partial charge >= 0.3 is 39.5 Å². The van der Waals surface area contributed by atoms with Gasteiger partial charge in [-0.15, -0.1) is 0 Å². The van der Waals surface area contributed by atoms with Crippen LogP contribution in [0.2, 0.25) is 0 Å². The normalized spacial score (nSPS) is 14.0. The van der Waals surface area contributed by atoms with Gasteiger partial charge in [-0.2, -0.15) is 0 Å². The molecule has 5 atom stereocenters. The van der Waals surface area contributed by atoms with Gasteiger partial charge in [0.15, 0.2) is 12.2 Å². The fraction of sp³-hybridized carbons (Fsp3) is 0.947. The molecule has 17 nitrogen and oxygen atoms in total. The highest BCUT2D eigenvalue weighted by Crippen LogP contribution is 2.45. The van der Waals surface area contributed by atoms with Crippen LogP contribution in [0.5, 0.6) is 0 Å². The Morgan fingerprint density at radius 1 is 0.284 bits per heavy atom. The van der Waals surface area contributed by atoms with Crippen molar-refractivity contribution >= 4 is 39.5 Å². The van der Waals surface area contributed by atoms with E-state index >= 15 is 0 Å². The minimum Gasteiger partial charge on any atom is -0.462 e. The van der Waals surface area contributed by atoms with Gasteiger partial charge in [-0.25, -0.2) is 9.13 Å². The van der Waals surface area contributed by atoms with E-state index in [1.54, 1.807) is 0 Å². The quantitative estimate of drug-likeness (QED) is 0.0222. The summed E-state index contributed by atoms with van der Waals surface area (Å²) in [7, 11) is -9.91. The molecule has 0 saturated heterocycles. The molecule has 0 aliphatic rings. The summed E-state index contributed by atoms with van der Waals surface area (Å²) in [6, 6.07) is 0. The van der Waals surface area contributed by atoms with Crippen molar-refractivity contribution in [1.29, 1.82) is 0 Å². The first-order valence-corrected chi connectivity index (χ1v) is 42.5. The highest BCUT2D eigenvalue weighted by molar-refractivity contribution is 7.47. The predicted molar refractivity (Wildman–Crippen MR) is 386 cm³/mol. The molecule has 2 unspecified atom stereocenters. The summed E-state index contributed by atoms with van der Waals surface area (Å²) >= 11 is 0. The fourth-order valence-electron chi connectivity index (χ4n) is 11.7. The first-order chi connectivity index (χ1) is 45.9. The number of carbonyl (C=O) groups excluding carboxylic acids is 4. The van der Waals surface area contributed by atoms with Crippen LogP contribution in [0.4, 0.5) is 0 Å². The molecule has 0 radical (unpaired) electrons. The fourth-order valence-corrected chi connectivity index (χ4v) is 13.2. The Labute approximate surface area is 581 Å². The highest BCUT2D eigenvalue weighted by Gasteiger charge is 2.30. The molecule has 0 aromatic heterocycles. The van der Waals surface area contributed by atoms with E-state index in [1.807, 2.05) is 0 Å². The molecule has 19 heteroatoms. The molecular weight excluding hydrogens is 1250 g/mol. The van der Waals surface area contributed by atoms with Crippen LogP contribution in [0.15, 0.2) is 0 Å². The Kier molecular flexibility index (Phi) is 66.5. The standard InChI is InChI=1S/C76H148O17P2/c1-7-9-11-13-15-17-19-20-21-22-25-28-32-35-39-46-52-58-73(78)86-64-71(92-76(81)61-55-49-41-37-33-29-26-23-24-27-31-34-38-44-50-56-68(3)4)66-90-94(82,83)88-62-70(77)63-89-95(84,85)91-67-72(65-87-74(79)59-53-47-43-42-45-51-57-69(5)6)93-75(80)60-54-48-40-36-30-18-16-14-12-10-8-2/h68-72,77H,7-67H2,1-6H3,(H,82,83)(H,84,85)/t70-,71-,72-/m1/s1. The summed E-state index contributed by atoms with van der Waals surface area (Å²) in [6.07, 6.45) is 55.6. The smallest absolute Gasteiger partial charge is 0.462 e. The van der Waals surface area contributed by atoms with Crippen LogP contribution in [-0.4, -0.2) is 96.7 Å². The lowest BCUT2D eigenvalue weighted by Gasteiger charge is -2.21. The SMILES string of the molecule is CCCCCCCCCCCCCCCCCCCC(=O)OC[C@H](COP(=O)(O)OC[C@@H](O)COP(=O)(O)OC[C@@H](COC(=O)CCCCCCCCC(C)C)OC(=O)CCCCCCCCCCCCC)OC(=O)CCCCCCCCCCCCCCCCCC(C)C. The molecule has 0 aliphatic carbocycles. The average Bonchev–Trinajstić information content (AvgIpc) is 1.96. The number of ether oxygens (including phenoxy) is 4. The van der Waals surface area contributed by atoms with E-state index in [1.165, 1.54) is 205 Å². The van der Waals surface area contributed by atoms with Crippen molar-refractivity contribution in [2.24, 2.45) is 11.8 Å². The lowest BCUT2D eigenvalue weighted by molar-refractivity contribution is -0.161. The minimum absolute atomic E-state index is 0.106. The van der Waals surface area contributed by atoms with Crippen molar-refractivity contribution in [2.45, 2.75) is 413 Å². The van der Waals surface area contributed by atoms with E-state index < -0.39 is 97.5 Å². The summed E-state index contributed by atoms with van der Waals surface area (Å²) in [5, 5.41) is 10.6. The van der Waals surface area contributed by atoms with Gasteiger partial charge in [-0.1, -0.05) is 343 Å². The number of phosphoric ester groups is 2. The van der Waals surface area contributed by atoms with Crippen LogP contribution in [0.1, 0.15) is 395 Å². The number of rotatable bonds is 75. The van der Waals surface area contributed by atoms with Crippen LogP contribution < -0.4 is 0 Å². The molecule has 0 amide bonds. The predicted octanol–water partition coefficient (Wildman–Crippen LogP) is 22.3. The second-order valence-electron chi connectivity index (χ2n) is 28.3. The summed E-state index contributed by atoms with van der Waals surface area (Å²) in [6.45, 7) is 9.54. The van der Waals surface area contributed by atoms with E-state index in [2.05, 4.69) is 41.5 Å². The van der Waals surface area contributed by atoms with Gasteiger partial charge in [0.05, 0.1) is 26.4 Å². The van der Waals surface area contributed by atoms with Crippen LogP contribution in [0, 0.1) is 11.8 Å². The molecule has 564 valence electrons. The van der Waals surface area contributed by atoms with Crippen molar-refractivity contribution in [3.8, 4) is 0 Å². The van der Waals surface area contributed by atoms with Gasteiger partial charge < -0.3 is 33.8 Å². The molecular formula is C76H148O17P2. The number of hydrogen-bond acceptors (Lipinski definition) is 15. The molecule has 0 heterocycles. The Morgan fingerprint density at radius 2 is 0.484 bits per heavy atom. The van der Waals surface area contributed by atoms with Crippen LogP contribution in [0.3, 0.4) is 0 Å². The van der Waals surface area contributed by atoms with Gasteiger partial charge in [-0.3, -0.25) is 37.3 Å².